The third-order valence-electron chi connectivity index (χ3n) is 2.83. The zero-order chi connectivity index (χ0) is 16.4. The molecular formula is C14H19NO3. The monoisotopic (exact) mass is 253 g/mol. The van der Waals surface area contributed by atoms with Crippen LogP contribution in [0.4, 0.5) is 0 Å². The molecular weight excluding hydrogens is 230 g/mol. The van der Waals surface area contributed by atoms with Crippen molar-refractivity contribution in [3.05, 3.63) is 29.8 Å². The summed E-state index contributed by atoms with van der Waals surface area (Å²) in [4.78, 5) is 12.2. The largest absolute Gasteiger partial charge is 0.492 e. The second-order valence-corrected chi connectivity index (χ2v) is 4.19. The van der Waals surface area contributed by atoms with Crippen LogP contribution in [0, 0.1) is 0 Å². The molecule has 98 valence electrons. The van der Waals surface area contributed by atoms with Crippen molar-refractivity contribution in [2.45, 2.75) is 19.3 Å². The SMILES string of the molecule is [2H]C([2H])(Oc1ccc(C(=O)O)cc1)C([2H])([2H])N1CCCCC1. The fraction of sp³-hybridized carbons (Fsp3) is 0.500. The van der Waals surface area contributed by atoms with Gasteiger partial charge in [-0.05, 0) is 50.2 Å². The quantitative estimate of drug-likeness (QED) is 0.874. The van der Waals surface area contributed by atoms with Gasteiger partial charge in [0.25, 0.3) is 0 Å². The molecule has 1 aliphatic heterocycles. The third kappa shape index (κ3) is 3.74. The third-order valence-corrected chi connectivity index (χ3v) is 2.83. The first-order valence-electron chi connectivity index (χ1n) is 8.01. The van der Waals surface area contributed by atoms with Crippen molar-refractivity contribution >= 4 is 5.97 Å². The van der Waals surface area contributed by atoms with Gasteiger partial charge in [0.05, 0.1) is 8.30 Å². The molecule has 1 N–H and O–H groups in total. The van der Waals surface area contributed by atoms with E-state index >= 15 is 0 Å². The van der Waals surface area contributed by atoms with Crippen LogP contribution in [0.25, 0.3) is 0 Å². The van der Waals surface area contributed by atoms with E-state index in [0.717, 1.165) is 19.3 Å². The molecule has 4 heteroatoms. The average Bonchev–Trinajstić information content (AvgIpc) is 2.48. The van der Waals surface area contributed by atoms with E-state index in [1.165, 1.54) is 29.2 Å². The molecule has 0 unspecified atom stereocenters. The zero-order valence-electron chi connectivity index (χ0n) is 14.1. The van der Waals surface area contributed by atoms with E-state index in [9.17, 15) is 4.79 Å². The van der Waals surface area contributed by atoms with Crippen LogP contribution in [-0.2, 0) is 0 Å². The topological polar surface area (TPSA) is 49.8 Å². The minimum absolute atomic E-state index is 0.0620. The Hall–Kier alpha value is -1.55. The Morgan fingerprint density at radius 2 is 1.94 bits per heavy atom. The smallest absolute Gasteiger partial charge is 0.335 e. The first-order chi connectivity index (χ1) is 10.2. The minimum Gasteiger partial charge on any atom is -0.492 e. The number of nitrogens with zero attached hydrogens (tertiary/aromatic N) is 1. The first kappa shape index (κ1) is 8.53. The Labute approximate surface area is 113 Å². The second kappa shape index (κ2) is 6.40. The maximum absolute atomic E-state index is 10.8. The molecule has 1 fully saturated rings. The predicted octanol–water partition coefficient (Wildman–Crippen LogP) is 2.25. The molecule has 4 nitrogen and oxygen atoms in total. The highest BCUT2D eigenvalue weighted by Gasteiger charge is 2.09. The predicted molar refractivity (Wildman–Crippen MR) is 69.2 cm³/mol. The van der Waals surface area contributed by atoms with Gasteiger partial charge in [0.1, 0.15) is 12.3 Å². The number of carbonyl (C=O) groups is 1. The van der Waals surface area contributed by atoms with Crippen molar-refractivity contribution in [3.63, 3.8) is 0 Å². The summed E-state index contributed by atoms with van der Waals surface area (Å²) >= 11 is 0. The van der Waals surface area contributed by atoms with E-state index in [2.05, 4.69) is 0 Å². The lowest BCUT2D eigenvalue weighted by molar-refractivity contribution is 0.0697. The fourth-order valence-corrected chi connectivity index (χ4v) is 1.82. The Morgan fingerprint density at radius 1 is 1.28 bits per heavy atom. The normalized spacial score (nSPS) is 21.3. The van der Waals surface area contributed by atoms with Crippen molar-refractivity contribution in [2.24, 2.45) is 0 Å². The highest BCUT2D eigenvalue weighted by atomic mass is 16.5. The molecule has 18 heavy (non-hydrogen) atoms. The summed E-state index contributed by atoms with van der Waals surface area (Å²) in [6.07, 6.45) is 2.69. The molecule has 1 heterocycles. The first-order valence-corrected chi connectivity index (χ1v) is 6.01. The Balaban J connectivity index is 2.13. The summed E-state index contributed by atoms with van der Waals surface area (Å²) < 4.78 is 37.2. The van der Waals surface area contributed by atoms with Crippen LogP contribution in [0.3, 0.4) is 0 Å². The van der Waals surface area contributed by atoms with Crippen LogP contribution in [-0.4, -0.2) is 42.1 Å². The number of carboxylic acid groups (broad SMARTS) is 1. The number of piperidine rings is 1. The van der Waals surface area contributed by atoms with E-state index < -0.39 is 19.0 Å². The lowest BCUT2D eigenvalue weighted by Crippen LogP contribution is -2.33. The minimum atomic E-state index is -2.55. The van der Waals surface area contributed by atoms with Crippen molar-refractivity contribution < 1.29 is 20.1 Å². The van der Waals surface area contributed by atoms with Gasteiger partial charge in [0, 0.05) is 9.24 Å². The summed E-state index contributed by atoms with van der Waals surface area (Å²) in [6, 6.07) is 5.25. The van der Waals surface area contributed by atoms with Gasteiger partial charge in [-0.3, -0.25) is 4.90 Å². The molecule has 0 atom stereocenters. The lowest BCUT2D eigenvalue weighted by Gasteiger charge is -2.26. The van der Waals surface area contributed by atoms with Gasteiger partial charge in [0.15, 0.2) is 0 Å². The standard InChI is InChI=1S/C14H19NO3/c16-14(17)12-4-6-13(7-5-12)18-11-10-15-8-2-1-3-9-15/h4-7H,1-3,8-11H2,(H,16,17)/i10D2,11D2. The number of benzene rings is 1. The molecule has 1 aromatic carbocycles. The number of likely N-dealkylation sites (tertiary alicyclic amines) is 1. The molecule has 1 aliphatic rings. The molecule has 2 rings (SSSR count). The van der Waals surface area contributed by atoms with Gasteiger partial charge in [0.2, 0.25) is 0 Å². The van der Waals surface area contributed by atoms with E-state index in [0.29, 0.717) is 13.1 Å². The number of hydrogen-bond acceptors (Lipinski definition) is 3. The second-order valence-electron chi connectivity index (χ2n) is 4.19. The molecule has 0 amide bonds. The lowest BCUT2D eigenvalue weighted by atomic mass is 10.1. The van der Waals surface area contributed by atoms with Crippen LogP contribution in [0.5, 0.6) is 5.75 Å². The van der Waals surface area contributed by atoms with Gasteiger partial charge in [-0.25, -0.2) is 4.79 Å². The Bertz CT molecular complexity index is 527. The molecule has 0 saturated carbocycles. The number of rotatable bonds is 5. The van der Waals surface area contributed by atoms with E-state index in [4.69, 9.17) is 15.3 Å². The Kier molecular flexibility index (Phi) is 3.03. The number of carboxylic acids is 1. The molecule has 0 aliphatic carbocycles. The van der Waals surface area contributed by atoms with Crippen molar-refractivity contribution in [3.8, 4) is 5.75 Å². The van der Waals surface area contributed by atoms with E-state index in [-0.39, 0.29) is 11.3 Å². The van der Waals surface area contributed by atoms with E-state index in [1.807, 2.05) is 0 Å². The molecule has 0 radical (unpaired) electrons. The van der Waals surface area contributed by atoms with Crippen LogP contribution >= 0.6 is 0 Å². The molecule has 0 aromatic heterocycles. The molecule has 0 bridgehead atoms. The van der Waals surface area contributed by atoms with Crippen molar-refractivity contribution in [2.75, 3.05) is 26.1 Å². The zero-order valence-corrected chi connectivity index (χ0v) is 10.1. The van der Waals surface area contributed by atoms with Crippen LogP contribution < -0.4 is 4.74 Å². The van der Waals surface area contributed by atoms with Crippen molar-refractivity contribution in [1.29, 1.82) is 0 Å². The van der Waals surface area contributed by atoms with Crippen LogP contribution in [0.1, 0.15) is 35.1 Å². The fourth-order valence-electron chi connectivity index (χ4n) is 1.82. The highest BCUT2D eigenvalue weighted by molar-refractivity contribution is 5.87. The maximum atomic E-state index is 10.8. The van der Waals surface area contributed by atoms with Crippen molar-refractivity contribution in [1.82, 2.24) is 4.90 Å². The molecule has 1 saturated heterocycles. The summed E-state index contributed by atoms with van der Waals surface area (Å²) in [6.45, 7) is -3.82. The van der Waals surface area contributed by atoms with Gasteiger partial charge in [-0.1, -0.05) is 6.42 Å². The molecule has 0 spiro atoms. The number of hydrogen-bond donors (Lipinski definition) is 1. The van der Waals surface area contributed by atoms with E-state index in [1.54, 1.807) is 0 Å². The summed E-state index contributed by atoms with van der Waals surface area (Å²) in [5.41, 5.74) is 0.0620. The van der Waals surface area contributed by atoms with Gasteiger partial charge in [-0.2, -0.15) is 0 Å². The number of ether oxygens (including phenoxy) is 1. The summed E-state index contributed by atoms with van der Waals surface area (Å²) in [5.74, 6) is -0.992. The molecule has 1 aromatic rings. The van der Waals surface area contributed by atoms with Gasteiger partial charge in [-0.15, -0.1) is 0 Å². The number of aromatic carboxylic acids is 1. The van der Waals surface area contributed by atoms with Crippen LogP contribution in [0.15, 0.2) is 24.3 Å². The van der Waals surface area contributed by atoms with Gasteiger partial charge >= 0.3 is 5.97 Å². The Morgan fingerprint density at radius 3 is 2.56 bits per heavy atom. The summed E-state index contributed by atoms with van der Waals surface area (Å²) in [5, 5.41) is 8.83. The van der Waals surface area contributed by atoms with Gasteiger partial charge < -0.3 is 9.84 Å². The maximum Gasteiger partial charge on any atom is 0.335 e. The van der Waals surface area contributed by atoms with Crippen LogP contribution in [0.2, 0.25) is 0 Å². The summed E-state index contributed by atoms with van der Waals surface area (Å²) in [7, 11) is 0. The highest BCUT2D eigenvalue weighted by Crippen LogP contribution is 2.13. The average molecular weight is 253 g/mol.